The maximum Gasteiger partial charge on any atom is 0.172 e. The zero-order chi connectivity index (χ0) is 12.4. The van der Waals surface area contributed by atoms with Crippen LogP contribution >= 0.6 is 15.9 Å². The highest BCUT2D eigenvalue weighted by Crippen LogP contribution is 2.36. The van der Waals surface area contributed by atoms with Gasteiger partial charge in [0, 0.05) is 0 Å². The van der Waals surface area contributed by atoms with Crippen LogP contribution in [0.15, 0.2) is 41.1 Å². The van der Waals surface area contributed by atoms with Gasteiger partial charge in [-0.3, -0.25) is 4.68 Å². The predicted octanol–water partition coefficient (Wildman–Crippen LogP) is 3.95. The number of hydrogen-bond donors (Lipinski definition) is 0. The molecule has 0 unspecified atom stereocenters. The summed E-state index contributed by atoms with van der Waals surface area (Å²) in [5.74, 6) is 0.825. The third-order valence-corrected chi connectivity index (χ3v) is 4.12. The Labute approximate surface area is 115 Å². The number of ether oxygens (including phenoxy) is 1. The summed E-state index contributed by atoms with van der Waals surface area (Å²) in [6.07, 6.45) is 5.54. The molecule has 1 saturated carbocycles. The Hall–Kier alpha value is -1.29. The first-order chi connectivity index (χ1) is 8.84. The van der Waals surface area contributed by atoms with E-state index in [1.807, 2.05) is 22.9 Å². The molecule has 0 saturated heterocycles. The number of benzene rings is 1. The van der Waals surface area contributed by atoms with Gasteiger partial charge in [-0.1, -0.05) is 30.3 Å². The molecule has 1 fully saturated rings. The average Bonchev–Trinajstić information content (AvgIpc) is 2.68. The molecule has 0 N–H and O–H groups in total. The van der Waals surface area contributed by atoms with Gasteiger partial charge in [0.25, 0.3) is 0 Å². The molecular weight excluding hydrogens is 292 g/mol. The van der Waals surface area contributed by atoms with Crippen molar-refractivity contribution in [3.8, 4) is 5.75 Å². The fraction of sp³-hybridized carbons (Fsp3) is 0.357. The van der Waals surface area contributed by atoms with Gasteiger partial charge < -0.3 is 4.74 Å². The van der Waals surface area contributed by atoms with E-state index in [0.717, 1.165) is 10.4 Å². The van der Waals surface area contributed by atoms with Crippen molar-refractivity contribution in [1.82, 2.24) is 9.78 Å². The number of rotatable bonds is 4. The summed E-state index contributed by atoms with van der Waals surface area (Å²) in [7, 11) is 0. The molecule has 1 aliphatic carbocycles. The Morgan fingerprint density at radius 3 is 2.72 bits per heavy atom. The standard InChI is InChI=1S/C14H15BrN2O/c15-14-13(9-16-17(14)12-7-4-8-12)18-10-11-5-2-1-3-6-11/h1-3,5-6,9,12H,4,7-8,10H2. The van der Waals surface area contributed by atoms with Gasteiger partial charge >= 0.3 is 0 Å². The number of nitrogens with zero attached hydrogens (tertiary/aromatic N) is 2. The van der Waals surface area contributed by atoms with Crippen LogP contribution in [0.25, 0.3) is 0 Å². The molecule has 0 aliphatic heterocycles. The Kier molecular flexibility index (Phi) is 3.37. The molecule has 1 aliphatic rings. The van der Waals surface area contributed by atoms with Crippen LogP contribution < -0.4 is 4.74 Å². The quantitative estimate of drug-likeness (QED) is 0.855. The van der Waals surface area contributed by atoms with Gasteiger partial charge in [-0.2, -0.15) is 5.10 Å². The summed E-state index contributed by atoms with van der Waals surface area (Å²) in [6, 6.07) is 10.7. The normalized spacial score (nSPS) is 15.4. The van der Waals surface area contributed by atoms with E-state index >= 15 is 0 Å². The maximum atomic E-state index is 5.79. The lowest BCUT2D eigenvalue weighted by Crippen LogP contribution is -2.18. The SMILES string of the molecule is Brc1c(OCc2ccccc2)cnn1C1CCC1. The van der Waals surface area contributed by atoms with E-state index in [1.165, 1.54) is 24.8 Å². The summed E-state index contributed by atoms with van der Waals surface area (Å²) in [4.78, 5) is 0. The van der Waals surface area contributed by atoms with Gasteiger partial charge in [0.2, 0.25) is 0 Å². The lowest BCUT2D eigenvalue weighted by atomic mass is 9.93. The second kappa shape index (κ2) is 5.14. The Bertz CT molecular complexity index is 520. The molecule has 1 heterocycles. The van der Waals surface area contributed by atoms with Gasteiger partial charge in [0.05, 0.1) is 12.2 Å². The Morgan fingerprint density at radius 1 is 1.28 bits per heavy atom. The van der Waals surface area contributed by atoms with Crippen LogP contribution in [0.5, 0.6) is 5.75 Å². The molecule has 18 heavy (non-hydrogen) atoms. The fourth-order valence-corrected chi connectivity index (χ4v) is 2.65. The first-order valence-corrected chi connectivity index (χ1v) is 7.03. The van der Waals surface area contributed by atoms with Gasteiger partial charge in [0.15, 0.2) is 5.75 Å². The van der Waals surface area contributed by atoms with Gasteiger partial charge in [-0.15, -0.1) is 0 Å². The minimum absolute atomic E-state index is 0.549. The van der Waals surface area contributed by atoms with Gasteiger partial charge in [0.1, 0.15) is 11.2 Å². The minimum Gasteiger partial charge on any atom is -0.484 e. The second-order valence-corrected chi connectivity index (χ2v) is 5.35. The van der Waals surface area contributed by atoms with E-state index in [-0.39, 0.29) is 0 Å². The third kappa shape index (κ3) is 2.29. The van der Waals surface area contributed by atoms with Crippen molar-refractivity contribution in [2.24, 2.45) is 0 Å². The molecule has 0 atom stereocenters. The summed E-state index contributed by atoms with van der Waals surface area (Å²) < 4.78 is 8.78. The second-order valence-electron chi connectivity index (χ2n) is 4.60. The molecule has 94 valence electrons. The van der Waals surface area contributed by atoms with Crippen molar-refractivity contribution >= 4 is 15.9 Å². The molecule has 0 amide bonds. The Balaban J connectivity index is 1.68. The summed E-state index contributed by atoms with van der Waals surface area (Å²) >= 11 is 3.58. The van der Waals surface area contributed by atoms with Crippen LogP contribution in [0.3, 0.4) is 0 Å². The molecule has 3 rings (SSSR count). The predicted molar refractivity (Wildman–Crippen MR) is 73.6 cm³/mol. The van der Waals surface area contributed by atoms with Crippen LogP contribution in [0.4, 0.5) is 0 Å². The van der Waals surface area contributed by atoms with Crippen molar-refractivity contribution in [3.63, 3.8) is 0 Å². The van der Waals surface area contributed by atoms with Gasteiger partial charge in [-0.05, 0) is 40.8 Å². The fourth-order valence-electron chi connectivity index (χ4n) is 2.05. The molecule has 0 radical (unpaired) electrons. The molecule has 1 aromatic carbocycles. The lowest BCUT2D eigenvalue weighted by molar-refractivity contribution is 0.277. The first kappa shape index (κ1) is 11.8. The number of aromatic nitrogens is 2. The van der Waals surface area contributed by atoms with Crippen molar-refractivity contribution in [2.75, 3.05) is 0 Å². The highest BCUT2D eigenvalue weighted by atomic mass is 79.9. The number of hydrogen-bond acceptors (Lipinski definition) is 2. The van der Waals surface area contributed by atoms with Crippen LogP contribution in [-0.4, -0.2) is 9.78 Å². The smallest absolute Gasteiger partial charge is 0.172 e. The van der Waals surface area contributed by atoms with Crippen LogP contribution in [0.2, 0.25) is 0 Å². The van der Waals surface area contributed by atoms with E-state index in [1.54, 1.807) is 6.20 Å². The molecule has 2 aromatic rings. The van der Waals surface area contributed by atoms with E-state index in [0.29, 0.717) is 12.6 Å². The van der Waals surface area contributed by atoms with Crippen molar-refractivity contribution in [2.45, 2.75) is 31.9 Å². The lowest BCUT2D eigenvalue weighted by Gasteiger charge is -2.26. The number of halogens is 1. The van der Waals surface area contributed by atoms with Crippen LogP contribution in [0, 0.1) is 0 Å². The zero-order valence-electron chi connectivity index (χ0n) is 10.1. The molecule has 3 nitrogen and oxygen atoms in total. The van der Waals surface area contributed by atoms with Crippen LogP contribution in [-0.2, 0) is 6.61 Å². The summed E-state index contributed by atoms with van der Waals surface area (Å²) in [5, 5.41) is 4.39. The summed E-state index contributed by atoms with van der Waals surface area (Å²) in [5.41, 5.74) is 1.17. The molecule has 0 spiro atoms. The average molecular weight is 307 g/mol. The monoisotopic (exact) mass is 306 g/mol. The third-order valence-electron chi connectivity index (χ3n) is 3.36. The molecule has 4 heteroatoms. The Morgan fingerprint density at radius 2 is 2.06 bits per heavy atom. The zero-order valence-corrected chi connectivity index (χ0v) is 11.6. The van der Waals surface area contributed by atoms with Crippen molar-refractivity contribution < 1.29 is 4.74 Å². The largest absolute Gasteiger partial charge is 0.484 e. The summed E-state index contributed by atoms with van der Waals surface area (Å²) in [6.45, 7) is 0.579. The molecular formula is C14H15BrN2O. The van der Waals surface area contributed by atoms with Crippen molar-refractivity contribution in [3.05, 3.63) is 46.7 Å². The first-order valence-electron chi connectivity index (χ1n) is 6.24. The van der Waals surface area contributed by atoms with Gasteiger partial charge in [-0.25, -0.2) is 0 Å². The molecule has 1 aromatic heterocycles. The highest BCUT2D eigenvalue weighted by molar-refractivity contribution is 9.10. The topological polar surface area (TPSA) is 27.1 Å². The van der Waals surface area contributed by atoms with E-state index in [9.17, 15) is 0 Å². The maximum absolute atomic E-state index is 5.79. The minimum atomic E-state index is 0.549. The highest BCUT2D eigenvalue weighted by Gasteiger charge is 2.23. The molecule has 0 bridgehead atoms. The van der Waals surface area contributed by atoms with Crippen molar-refractivity contribution in [1.29, 1.82) is 0 Å². The van der Waals surface area contributed by atoms with E-state index in [2.05, 4.69) is 33.2 Å². The van der Waals surface area contributed by atoms with E-state index < -0.39 is 0 Å². The van der Waals surface area contributed by atoms with Crippen LogP contribution in [0.1, 0.15) is 30.9 Å². The van der Waals surface area contributed by atoms with E-state index in [4.69, 9.17) is 4.74 Å².